The van der Waals surface area contributed by atoms with E-state index in [2.05, 4.69) is 3.74 Å². The molecule has 0 atom stereocenters. The zero-order valence-electron chi connectivity index (χ0n) is 5.81. The van der Waals surface area contributed by atoms with Gasteiger partial charge >= 0.3 is 0 Å². The Morgan fingerprint density at radius 2 is 1.67 bits per heavy atom. The van der Waals surface area contributed by atoms with E-state index in [9.17, 15) is 14.0 Å². The fourth-order valence-electron chi connectivity index (χ4n) is 0.551. The molecular weight excluding hydrogens is 204 g/mol. The fraction of sp³-hybridized carbons (Fsp3) is 0. The van der Waals surface area contributed by atoms with E-state index in [1.807, 2.05) is 0 Å². The molecular formula is C6H5ClO4S. The molecule has 0 radical (unpaired) electrons. The van der Waals surface area contributed by atoms with Crippen molar-refractivity contribution in [2.24, 2.45) is 0 Å². The summed E-state index contributed by atoms with van der Waals surface area (Å²) in [6.07, 6.45) is 0. The second kappa shape index (κ2) is 4.08. The maximum atomic E-state index is 9.98. The van der Waals surface area contributed by atoms with Crippen molar-refractivity contribution in [2.45, 2.75) is 4.90 Å². The molecule has 1 rings (SSSR count). The summed E-state index contributed by atoms with van der Waals surface area (Å²) < 4.78 is 33.9. The Morgan fingerprint density at radius 3 is 2.17 bits per heavy atom. The molecule has 0 aromatic heterocycles. The zero-order valence-corrected chi connectivity index (χ0v) is 7.38. The molecule has 0 heterocycles. The molecule has 6 heteroatoms. The van der Waals surface area contributed by atoms with Gasteiger partial charge in [-0.25, -0.2) is 0 Å². The van der Waals surface area contributed by atoms with Crippen LogP contribution in [0.15, 0.2) is 35.2 Å². The third-order valence-electron chi connectivity index (χ3n) is 0.948. The highest BCUT2D eigenvalue weighted by atomic mass is 35.7. The Hall–Kier alpha value is -0.300. The van der Waals surface area contributed by atoms with Gasteiger partial charge in [-0.3, -0.25) is 0 Å². The largest absolute Gasteiger partial charge is 0.209 e. The molecule has 0 saturated heterocycles. The minimum Gasteiger partial charge on any atom is -0.182 e. The minimum absolute atomic E-state index is 0.515. The topological polar surface area (TPSA) is 78.4 Å². The van der Waals surface area contributed by atoms with Crippen LogP contribution in [0.2, 0.25) is 0 Å². The van der Waals surface area contributed by atoms with Gasteiger partial charge in [-0.15, -0.1) is 0 Å². The van der Waals surface area contributed by atoms with Crippen LogP contribution in [0.1, 0.15) is 0 Å². The highest BCUT2D eigenvalue weighted by Gasteiger charge is 2.18. The molecule has 0 fully saturated rings. The van der Waals surface area contributed by atoms with Crippen molar-refractivity contribution in [3.8, 4) is 0 Å². The maximum absolute atomic E-state index is 9.98. The molecule has 0 aliphatic heterocycles. The predicted molar refractivity (Wildman–Crippen MR) is 33.4 cm³/mol. The highest BCUT2D eigenvalue weighted by Crippen LogP contribution is 2.20. The summed E-state index contributed by atoms with van der Waals surface area (Å²) in [5.41, 5.74) is 0. The minimum atomic E-state index is -4.35. The first kappa shape index (κ1) is 9.79. The number of hydrogen-bond donors (Lipinski definition) is 0. The van der Waals surface area contributed by atoms with Crippen molar-refractivity contribution in [2.75, 3.05) is 0 Å². The summed E-state index contributed by atoms with van der Waals surface area (Å²) in [5.74, 6) is 0. The van der Waals surface area contributed by atoms with E-state index in [4.69, 9.17) is 0 Å². The second-order valence-corrected chi connectivity index (χ2v) is 3.74. The van der Waals surface area contributed by atoms with Crippen LogP contribution in [0.4, 0.5) is 0 Å². The highest BCUT2D eigenvalue weighted by molar-refractivity contribution is 7.94. The van der Waals surface area contributed by atoms with Gasteiger partial charge in [-0.05, 0) is 12.1 Å². The Morgan fingerprint density at radius 1 is 1.08 bits per heavy atom. The molecule has 0 amide bonds. The molecule has 0 saturated carbocycles. The number of rotatable bonds is 3. The summed E-state index contributed by atoms with van der Waals surface area (Å²) in [7, 11) is -4.35. The lowest BCUT2D eigenvalue weighted by molar-refractivity contribution is -1.91. The van der Waals surface area contributed by atoms with Crippen LogP contribution in [0.5, 0.6) is 0 Å². The van der Waals surface area contributed by atoms with Crippen molar-refractivity contribution in [1.29, 1.82) is 0 Å². The summed E-state index contributed by atoms with van der Waals surface area (Å²) in [6.45, 7) is 0. The van der Waals surface area contributed by atoms with Crippen LogP contribution in [-0.4, -0.2) is 0 Å². The van der Waals surface area contributed by atoms with E-state index in [-0.39, 0.29) is 0 Å². The SMILES string of the molecule is [O-][Cl+3]([O-])([O-])OSc1ccccc1. The number of halogens is 1. The van der Waals surface area contributed by atoms with Crippen molar-refractivity contribution in [3.63, 3.8) is 0 Å². The molecule has 0 unspecified atom stereocenters. The number of benzene rings is 1. The second-order valence-electron chi connectivity index (χ2n) is 1.84. The van der Waals surface area contributed by atoms with Gasteiger partial charge in [-0.1, -0.05) is 18.2 Å². The van der Waals surface area contributed by atoms with Gasteiger partial charge in [0.25, 0.3) is 0 Å². The third-order valence-corrected chi connectivity index (χ3v) is 2.28. The van der Waals surface area contributed by atoms with Gasteiger partial charge in [0, 0.05) is 0 Å². The lowest BCUT2D eigenvalue weighted by Crippen LogP contribution is -2.59. The van der Waals surface area contributed by atoms with E-state index in [1.54, 1.807) is 30.3 Å². The average molecular weight is 209 g/mol. The molecule has 0 spiro atoms. The monoisotopic (exact) mass is 208 g/mol. The Balaban J connectivity index is 2.44. The molecule has 12 heavy (non-hydrogen) atoms. The van der Waals surface area contributed by atoms with E-state index < -0.39 is 10.2 Å². The van der Waals surface area contributed by atoms with E-state index in [0.29, 0.717) is 16.9 Å². The van der Waals surface area contributed by atoms with Gasteiger partial charge in [0.1, 0.15) is 3.74 Å². The molecule has 4 nitrogen and oxygen atoms in total. The van der Waals surface area contributed by atoms with Crippen molar-refractivity contribution < 1.29 is 28.0 Å². The molecule has 0 aliphatic rings. The number of hydrogen-bond acceptors (Lipinski definition) is 5. The maximum Gasteiger partial charge on any atom is 0.209 e. The van der Waals surface area contributed by atoms with E-state index in [1.165, 1.54) is 0 Å². The molecule has 1 aromatic carbocycles. The van der Waals surface area contributed by atoms with Crippen LogP contribution in [-0.2, 0) is 3.74 Å². The summed E-state index contributed by atoms with van der Waals surface area (Å²) >= 11 is 0.515. The first-order valence-corrected chi connectivity index (χ1v) is 4.87. The van der Waals surface area contributed by atoms with Gasteiger partial charge in [-0.2, -0.15) is 14.0 Å². The van der Waals surface area contributed by atoms with E-state index >= 15 is 0 Å². The molecule has 66 valence electrons. The van der Waals surface area contributed by atoms with Crippen LogP contribution >= 0.6 is 12.0 Å². The van der Waals surface area contributed by atoms with Gasteiger partial charge in [0.15, 0.2) is 0 Å². The van der Waals surface area contributed by atoms with Crippen molar-refractivity contribution in [3.05, 3.63) is 30.3 Å². The van der Waals surface area contributed by atoms with Gasteiger partial charge in [0.05, 0.1) is 15.1 Å². The standard InChI is InChI=1S/C6H5ClO4S/c8-7(9,10)11-12-6-4-2-1-3-5-6/h1-5H. The van der Waals surface area contributed by atoms with Crippen LogP contribution in [0.3, 0.4) is 0 Å². The average Bonchev–Trinajstić information content (AvgIpc) is 2.02. The van der Waals surface area contributed by atoms with Gasteiger partial charge in [0.2, 0.25) is 12.0 Å². The predicted octanol–water partition coefficient (Wildman–Crippen LogP) is -1.39. The smallest absolute Gasteiger partial charge is 0.182 e. The first-order chi connectivity index (χ1) is 5.58. The molecule has 0 aliphatic carbocycles. The summed E-state index contributed by atoms with van der Waals surface area (Å²) in [6, 6.07) is 8.45. The van der Waals surface area contributed by atoms with Crippen LogP contribution < -0.4 is 14.0 Å². The summed E-state index contributed by atoms with van der Waals surface area (Å²) in [4.78, 5) is 0.560. The Labute approximate surface area is 75.7 Å². The van der Waals surface area contributed by atoms with Crippen LogP contribution in [0, 0.1) is 10.2 Å². The molecule has 0 bridgehead atoms. The quantitative estimate of drug-likeness (QED) is 0.572. The normalized spacial score (nSPS) is 11.6. The fourth-order valence-corrected chi connectivity index (χ4v) is 1.42. The first-order valence-electron chi connectivity index (χ1n) is 2.90. The lowest BCUT2D eigenvalue weighted by atomic mass is 10.4. The van der Waals surface area contributed by atoms with E-state index in [0.717, 1.165) is 0 Å². The Kier molecular flexibility index (Phi) is 3.33. The third kappa shape index (κ3) is 3.91. The molecule has 1 aromatic rings. The Bertz CT molecular complexity index is 235. The lowest BCUT2D eigenvalue weighted by Gasteiger charge is -2.10. The van der Waals surface area contributed by atoms with Crippen molar-refractivity contribution >= 4 is 12.0 Å². The van der Waals surface area contributed by atoms with Crippen LogP contribution in [0.25, 0.3) is 0 Å². The molecule has 0 N–H and O–H groups in total. The van der Waals surface area contributed by atoms with Crippen molar-refractivity contribution in [1.82, 2.24) is 0 Å². The summed E-state index contributed by atoms with van der Waals surface area (Å²) in [5, 5.41) is 0. The van der Waals surface area contributed by atoms with Gasteiger partial charge < -0.3 is 0 Å². The zero-order chi connectivity index (χ0) is 9.03.